The molecule has 1 N–H and O–H groups in total. The smallest absolute Gasteiger partial charge is 0.156 e. The van der Waals surface area contributed by atoms with Crippen molar-refractivity contribution < 1.29 is 14.7 Å². The molecule has 0 bridgehead atoms. The maximum atomic E-state index is 13.3. The Kier molecular flexibility index (Phi) is 6.04. The van der Waals surface area contributed by atoms with Crippen molar-refractivity contribution in [2.75, 3.05) is 25.6 Å². The van der Waals surface area contributed by atoms with E-state index in [0.29, 0.717) is 18.3 Å². The van der Waals surface area contributed by atoms with Gasteiger partial charge in [0.15, 0.2) is 5.78 Å². The van der Waals surface area contributed by atoms with E-state index in [4.69, 9.17) is 0 Å². The van der Waals surface area contributed by atoms with Crippen LogP contribution in [0.15, 0.2) is 47.1 Å². The van der Waals surface area contributed by atoms with E-state index in [0.717, 1.165) is 38.5 Å². The van der Waals surface area contributed by atoms with Gasteiger partial charge in [-0.05, 0) is 97.6 Å². The van der Waals surface area contributed by atoms with Crippen molar-refractivity contribution in [3.05, 3.63) is 52.6 Å². The fourth-order valence-electron chi connectivity index (χ4n) is 8.05. The molecule has 1 aromatic carbocycles. The lowest BCUT2D eigenvalue weighted by atomic mass is 9.48. The van der Waals surface area contributed by atoms with E-state index in [1.54, 1.807) is 6.92 Å². The summed E-state index contributed by atoms with van der Waals surface area (Å²) in [6.45, 7) is 3.78. The van der Waals surface area contributed by atoms with Crippen molar-refractivity contribution in [1.82, 2.24) is 0 Å². The third-order valence-corrected chi connectivity index (χ3v) is 9.72. The van der Waals surface area contributed by atoms with Gasteiger partial charge in [0.25, 0.3) is 0 Å². The molecule has 4 heteroatoms. The minimum Gasteiger partial charge on any atom is -0.384 e. The lowest BCUT2D eigenvalue weighted by Crippen LogP contribution is -2.50. The first-order chi connectivity index (χ1) is 16.7. The predicted molar refractivity (Wildman–Crippen MR) is 139 cm³/mol. The lowest BCUT2D eigenvalue weighted by molar-refractivity contribution is -0.130. The van der Waals surface area contributed by atoms with Crippen LogP contribution in [-0.2, 0) is 9.59 Å². The Morgan fingerprint density at radius 2 is 1.89 bits per heavy atom. The first kappa shape index (κ1) is 24.1. The van der Waals surface area contributed by atoms with E-state index < -0.39 is 5.41 Å². The monoisotopic (exact) mass is 471 g/mol. The summed E-state index contributed by atoms with van der Waals surface area (Å²) in [6.07, 6.45) is 7.95. The Morgan fingerprint density at radius 1 is 1.14 bits per heavy atom. The van der Waals surface area contributed by atoms with Crippen LogP contribution in [-0.4, -0.2) is 37.4 Å². The molecule has 4 nitrogen and oxygen atoms in total. The van der Waals surface area contributed by atoms with Gasteiger partial charge >= 0.3 is 0 Å². The molecule has 184 valence electrons. The van der Waals surface area contributed by atoms with Gasteiger partial charge in [-0.25, -0.2) is 0 Å². The Bertz CT molecular complexity index is 1180. The Morgan fingerprint density at radius 3 is 2.54 bits per heavy atom. The third-order valence-electron chi connectivity index (χ3n) is 9.72. The summed E-state index contributed by atoms with van der Waals surface area (Å²) >= 11 is 0. The van der Waals surface area contributed by atoms with Crippen LogP contribution in [0.1, 0.15) is 70.3 Å². The Hall–Kier alpha value is -2.64. The number of nitrogens with zero attached hydrogens (tertiary/aromatic N) is 1. The average molecular weight is 472 g/mol. The Labute approximate surface area is 209 Å². The summed E-state index contributed by atoms with van der Waals surface area (Å²) in [6, 6.07) is 8.88. The molecule has 0 spiro atoms. The van der Waals surface area contributed by atoms with E-state index in [1.807, 2.05) is 6.08 Å². The summed E-state index contributed by atoms with van der Waals surface area (Å²) in [4.78, 5) is 27.6. The number of anilines is 1. The van der Waals surface area contributed by atoms with Crippen molar-refractivity contribution in [2.45, 2.75) is 64.7 Å². The Balaban J connectivity index is 1.69. The molecule has 1 aromatic rings. The van der Waals surface area contributed by atoms with Gasteiger partial charge in [-0.2, -0.15) is 0 Å². The SMILES string of the molecule is CC(=O)[C@]1(C#CCO)CC[C@H]2[C@@H]3CCC4=CC(=O)CCC4=C3[C@@H](c3ccc(N(C)C)cc3)C[C@@]21C. The molecule has 4 aliphatic carbocycles. The highest BCUT2D eigenvalue weighted by Crippen LogP contribution is 2.69. The van der Waals surface area contributed by atoms with E-state index in [2.05, 4.69) is 62.0 Å². The molecule has 0 heterocycles. The summed E-state index contributed by atoms with van der Waals surface area (Å²) < 4.78 is 0. The summed E-state index contributed by atoms with van der Waals surface area (Å²) in [5.74, 6) is 7.59. The zero-order valence-corrected chi connectivity index (χ0v) is 21.5. The fraction of sp³-hybridized carbons (Fsp3) is 0.548. The number of carbonyl (C=O) groups is 2. The molecule has 0 aliphatic heterocycles. The first-order valence-electron chi connectivity index (χ1n) is 13.1. The lowest BCUT2D eigenvalue weighted by Gasteiger charge is -2.54. The van der Waals surface area contributed by atoms with Gasteiger partial charge in [0, 0.05) is 32.1 Å². The average Bonchev–Trinajstić information content (AvgIpc) is 3.14. The fourth-order valence-corrected chi connectivity index (χ4v) is 8.05. The predicted octanol–water partition coefficient (Wildman–Crippen LogP) is 5.22. The number of allylic oxidation sites excluding steroid dienone is 4. The van der Waals surface area contributed by atoms with E-state index in [9.17, 15) is 14.7 Å². The number of hydrogen-bond donors (Lipinski definition) is 1. The van der Waals surface area contributed by atoms with Crippen LogP contribution >= 0.6 is 0 Å². The molecule has 2 saturated carbocycles. The van der Waals surface area contributed by atoms with Crippen LogP contribution in [0, 0.1) is 34.5 Å². The molecule has 5 atom stereocenters. The molecule has 35 heavy (non-hydrogen) atoms. The van der Waals surface area contributed by atoms with Crippen LogP contribution in [0.2, 0.25) is 0 Å². The second kappa shape index (κ2) is 8.79. The van der Waals surface area contributed by atoms with Crippen LogP contribution in [0.25, 0.3) is 0 Å². The molecule has 0 unspecified atom stereocenters. The normalized spacial score (nSPS) is 33.7. The highest BCUT2D eigenvalue weighted by atomic mass is 16.2. The van der Waals surface area contributed by atoms with Crippen molar-refractivity contribution in [3.63, 3.8) is 0 Å². The second-order valence-electron chi connectivity index (χ2n) is 11.4. The number of aliphatic hydroxyl groups is 1. The van der Waals surface area contributed by atoms with Gasteiger partial charge in [-0.15, -0.1) is 0 Å². The van der Waals surface area contributed by atoms with Crippen LogP contribution in [0.5, 0.6) is 0 Å². The number of ketones is 2. The van der Waals surface area contributed by atoms with Crippen molar-refractivity contribution >= 4 is 17.3 Å². The largest absolute Gasteiger partial charge is 0.384 e. The topological polar surface area (TPSA) is 57.6 Å². The van der Waals surface area contributed by atoms with Crippen molar-refractivity contribution in [1.29, 1.82) is 0 Å². The van der Waals surface area contributed by atoms with E-state index >= 15 is 0 Å². The van der Waals surface area contributed by atoms with Crippen LogP contribution < -0.4 is 4.90 Å². The maximum Gasteiger partial charge on any atom is 0.156 e. The van der Waals surface area contributed by atoms with Gasteiger partial charge in [0.1, 0.15) is 12.4 Å². The highest BCUT2D eigenvalue weighted by molar-refractivity contribution is 5.93. The molecule has 2 fully saturated rings. The number of Topliss-reactive ketones (excluding diaryl/α,β-unsaturated/α-hetero) is 1. The molecule has 5 rings (SSSR count). The first-order valence-corrected chi connectivity index (χ1v) is 13.1. The van der Waals surface area contributed by atoms with Gasteiger partial charge in [0.2, 0.25) is 0 Å². The quantitative estimate of drug-likeness (QED) is 0.614. The summed E-state index contributed by atoms with van der Waals surface area (Å²) in [5, 5.41) is 9.51. The molecular formula is C31H37NO3. The number of aliphatic hydroxyl groups excluding tert-OH is 1. The molecular weight excluding hydrogens is 434 g/mol. The van der Waals surface area contributed by atoms with Crippen LogP contribution in [0.4, 0.5) is 5.69 Å². The number of hydrogen-bond acceptors (Lipinski definition) is 4. The second-order valence-corrected chi connectivity index (χ2v) is 11.4. The molecule has 0 aromatic heterocycles. The highest BCUT2D eigenvalue weighted by Gasteiger charge is 2.64. The maximum absolute atomic E-state index is 13.3. The standard InChI is InChI=1S/C31H37NO3/c1-20(34)31(15-5-17-33)16-14-28-26-12-8-22-18-24(35)11-13-25(22)29(26)27(19-30(28,31)2)21-6-9-23(10-7-21)32(3)4/h6-7,9-10,18,26-28,33H,8,11-14,16-17,19H2,1-4H3/t26-,27+,28-,30-,31-/m0/s1. The van der Waals surface area contributed by atoms with Crippen LogP contribution in [0.3, 0.4) is 0 Å². The summed E-state index contributed by atoms with van der Waals surface area (Å²) in [7, 11) is 4.11. The van der Waals surface area contributed by atoms with E-state index in [-0.39, 0.29) is 29.5 Å². The third kappa shape index (κ3) is 3.62. The zero-order chi connectivity index (χ0) is 25.0. The van der Waals surface area contributed by atoms with Gasteiger partial charge < -0.3 is 10.0 Å². The van der Waals surface area contributed by atoms with Gasteiger partial charge in [0.05, 0.1) is 5.41 Å². The molecule has 0 radical (unpaired) electrons. The molecule has 0 saturated heterocycles. The van der Waals surface area contributed by atoms with Gasteiger partial charge in [-0.1, -0.05) is 36.5 Å². The minimum atomic E-state index is -0.711. The zero-order valence-electron chi connectivity index (χ0n) is 21.5. The number of fused-ring (bicyclic) bond motifs is 4. The molecule has 4 aliphatic rings. The number of benzene rings is 1. The van der Waals surface area contributed by atoms with E-state index in [1.165, 1.54) is 28.0 Å². The minimum absolute atomic E-state index is 0.140. The van der Waals surface area contributed by atoms with Gasteiger partial charge in [-0.3, -0.25) is 9.59 Å². The molecule has 0 amide bonds. The van der Waals surface area contributed by atoms with Crippen molar-refractivity contribution in [2.24, 2.45) is 22.7 Å². The summed E-state index contributed by atoms with van der Waals surface area (Å²) in [5.41, 5.74) is 5.70. The number of carbonyl (C=O) groups excluding carboxylic acids is 2. The number of rotatable bonds is 3. The van der Waals surface area contributed by atoms with Crippen molar-refractivity contribution in [3.8, 4) is 11.8 Å².